The lowest BCUT2D eigenvalue weighted by Gasteiger charge is -2.12. The van der Waals surface area contributed by atoms with E-state index in [1.54, 1.807) is 0 Å². The summed E-state index contributed by atoms with van der Waals surface area (Å²) >= 11 is 2.95. The highest BCUT2D eigenvalue weighted by Gasteiger charge is 2.31. The maximum absolute atomic E-state index is 12.0. The zero-order valence-corrected chi connectivity index (χ0v) is 11.3. The average Bonchev–Trinajstić information content (AvgIpc) is 2.28. The molecule has 1 rings (SSSR count). The van der Waals surface area contributed by atoms with Crippen molar-refractivity contribution in [2.45, 2.75) is 19.2 Å². The molecule has 1 aromatic rings. The van der Waals surface area contributed by atoms with E-state index >= 15 is 0 Å². The topological polar surface area (TPSA) is 64.4 Å². The number of anilines is 1. The normalized spacial score (nSPS) is 11.2. The molecule has 0 saturated carbocycles. The largest absolute Gasteiger partial charge is 0.573 e. The molecule has 0 aliphatic carbocycles. The summed E-state index contributed by atoms with van der Waals surface area (Å²) in [6.45, 7) is 0.398. The number of nitrogens with two attached hydrogens (primary N) is 1. The summed E-state index contributed by atoms with van der Waals surface area (Å²) in [5.41, 5.74) is 5.64. The van der Waals surface area contributed by atoms with Crippen molar-refractivity contribution < 1.29 is 22.7 Å². The summed E-state index contributed by atoms with van der Waals surface area (Å²) in [5, 5.41) is 2.55. The van der Waals surface area contributed by atoms with Crippen molar-refractivity contribution in [3.05, 3.63) is 22.7 Å². The average molecular weight is 341 g/mol. The van der Waals surface area contributed by atoms with Gasteiger partial charge in [0.15, 0.2) is 0 Å². The van der Waals surface area contributed by atoms with Gasteiger partial charge in [0, 0.05) is 12.1 Å². The Morgan fingerprint density at radius 3 is 2.63 bits per heavy atom. The number of alkyl halides is 3. The highest BCUT2D eigenvalue weighted by Crippen LogP contribution is 2.32. The fraction of sp³-hybridized carbons (Fsp3) is 0.364. The molecule has 0 atom stereocenters. The zero-order chi connectivity index (χ0) is 14.5. The number of hydrogen-bond acceptors (Lipinski definition) is 3. The molecular formula is C11H12BrF3N2O2. The Labute approximate surface area is 116 Å². The van der Waals surface area contributed by atoms with Crippen molar-refractivity contribution in [1.29, 1.82) is 0 Å². The summed E-state index contributed by atoms with van der Waals surface area (Å²) in [4.78, 5) is 11.4. The molecule has 0 bridgehead atoms. The second-order valence-electron chi connectivity index (χ2n) is 3.63. The number of hydrogen-bond donors (Lipinski definition) is 2. The van der Waals surface area contributed by atoms with Gasteiger partial charge in [-0.25, -0.2) is 0 Å². The van der Waals surface area contributed by atoms with Crippen molar-refractivity contribution in [2.24, 2.45) is 5.73 Å². The maximum Gasteiger partial charge on any atom is 0.573 e. The third-order valence-corrected chi connectivity index (χ3v) is 2.67. The maximum atomic E-state index is 12.0. The molecule has 0 radical (unpaired) electrons. The van der Waals surface area contributed by atoms with Gasteiger partial charge in [0.2, 0.25) is 5.91 Å². The van der Waals surface area contributed by atoms with Crippen LogP contribution in [0.25, 0.3) is 0 Å². The third kappa shape index (κ3) is 5.93. The predicted molar refractivity (Wildman–Crippen MR) is 67.7 cm³/mol. The Bertz CT molecular complexity index is 452. The van der Waals surface area contributed by atoms with Crippen molar-refractivity contribution in [2.75, 3.05) is 11.9 Å². The molecule has 19 heavy (non-hydrogen) atoms. The number of nitrogens with one attached hydrogen (secondary N) is 1. The number of carbonyl (C=O) groups excluding carboxylic acids is 1. The molecule has 0 aromatic heterocycles. The van der Waals surface area contributed by atoms with Crippen LogP contribution >= 0.6 is 15.9 Å². The lowest BCUT2D eigenvalue weighted by Crippen LogP contribution is -2.17. The Morgan fingerprint density at radius 2 is 2.11 bits per heavy atom. The first-order valence-corrected chi connectivity index (χ1v) is 6.16. The van der Waals surface area contributed by atoms with E-state index in [1.165, 1.54) is 12.1 Å². The van der Waals surface area contributed by atoms with Gasteiger partial charge in [0.05, 0.1) is 4.47 Å². The minimum absolute atomic E-state index is 0.0986. The molecule has 0 saturated heterocycles. The first kappa shape index (κ1) is 15.8. The zero-order valence-electron chi connectivity index (χ0n) is 9.76. The minimum Gasteiger partial charge on any atom is -0.405 e. The van der Waals surface area contributed by atoms with Crippen molar-refractivity contribution in [3.8, 4) is 5.75 Å². The quantitative estimate of drug-likeness (QED) is 0.865. The molecule has 0 aliphatic heterocycles. The lowest BCUT2D eigenvalue weighted by atomic mass is 10.2. The number of ether oxygens (including phenoxy) is 1. The number of carbonyl (C=O) groups is 1. The van der Waals surface area contributed by atoms with E-state index in [1.807, 2.05) is 0 Å². The van der Waals surface area contributed by atoms with Crippen molar-refractivity contribution in [3.63, 3.8) is 0 Å². The summed E-state index contributed by atoms with van der Waals surface area (Å²) in [6.07, 6.45) is -3.95. The van der Waals surface area contributed by atoms with E-state index in [0.717, 1.165) is 6.07 Å². The highest BCUT2D eigenvalue weighted by atomic mass is 79.9. The Morgan fingerprint density at radius 1 is 1.42 bits per heavy atom. The molecule has 0 unspecified atom stereocenters. The molecule has 3 N–H and O–H groups in total. The number of halogens is 4. The summed E-state index contributed by atoms with van der Waals surface area (Å²) in [6, 6.07) is 3.78. The lowest BCUT2D eigenvalue weighted by molar-refractivity contribution is -0.274. The molecule has 106 valence electrons. The van der Waals surface area contributed by atoms with Crippen LogP contribution in [0.4, 0.5) is 18.9 Å². The van der Waals surface area contributed by atoms with Crippen molar-refractivity contribution in [1.82, 2.24) is 0 Å². The molecule has 0 heterocycles. The molecule has 1 amide bonds. The standard InChI is InChI=1S/C11H12BrF3N2O2/c12-8-6-7(17-10(18)2-1-5-16)3-4-9(8)19-11(13,14)15/h3-4,6H,1-2,5,16H2,(H,17,18). The van der Waals surface area contributed by atoms with Crippen LogP contribution in [0.15, 0.2) is 22.7 Å². The van der Waals surface area contributed by atoms with Crippen LogP contribution in [0.5, 0.6) is 5.75 Å². The van der Waals surface area contributed by atoms with Gasteiger partial charge in [-0.1, -0.05) is 0 Å². The number of rotatable bonds is 5. The molecular weight excluding hydrogens is 329 g/mol. The smallest absolute Gasteiger partial charge is 0.405 e. The number of benzene rings is 1. The van der Waals surface area contributed by atoms with Crippen LogP contribution < -0.4 is 15.8 Å². The van der Waals surface area contributed by atoms with Gasteiger partial charge in [-0.3, -0.25) is 4.79 Å². The van der Waals surface area contributed by atoms with E-state index in [-0.39, 0.29) is 22.6 Å². The predicted octanol–water partition coefficient (Wildman–Crippen LogP) is 3.03. The van der Waals surface area contributed by atoms with Crippen LogP contribution in [0.1, 0.15) is 12.8 Å². The molecule has 0 fully saturated rings. The Kier molecular flexibility index (Phi) is 5.61. The molecule has 8 heteroatoms. The first-order chi connectivity index (χ1) is 8.81. The van der Waals surface area contributed by atoms with Gasteiger partial charge in [0.25, 0.3) is 0 Å². The van der Waals surface area contributed by atoms with Crippen LogP contribution in [-0.4, -0.2) is 18.8 Å². The molecule has 0 aliphatic rings. The molecule has 0 spiro atoms. The fourth-order valence-corrected chi connectivity index (χ4v) is 1.73. The fourth-order valence-electron chi connectivity index (χ4n) is 1.27. The van der Waals surface area contributed by atoms with Crippen LogP contribution in [0, 0.1) is 0 Å². The van der Waals surface area contributed by atoms with Gasteiger partial charge in [-0.05, 0) is 47.1 Å². The second-order valence-corrected chi connectivity index (χ2v) is 4.49. The monoisotopic (exact) mass is 340 g/mol. The highest BCUT2D eigenvalue weighted by molar-refractivity contribution is 9.10. The van der Waals surface area contributed by atoms with Gasteiger partial charge in [0.1, 0.15) is 5.75 Å². The Hall–Kier alpha value is -1.28. The summed E-state index contributed by atoms with van der Waals surface area (Å²) in [7, 11) is 0. The SMILES string of the molecule is NCCCC(=O)Nc1ccc(OC(F)(F)F)c(Br)c1. The van der Waals surface area contributed by atoms with Gasteiger partial charge >= 0.3 is 6.36 Å². The van der Waals surface area contributed by atoms with Crippen LogP contribution in [0.2, 0.25) is 0 Å². The molecule has 1 aromatic carbocycles. The van der Waals surface area contributed by atoms with Gasteiger partial charge in [-0.15, -0.1) is 13.2 Å². The molecule has 4 nitrogen and oxygen atoms in total. The van der Waals surface area contributed by atoms with E-state index in [9.17, 15) is 18.0 Å². The van der Waals surface area contributed by atoms with Crippen LogP contribution in [-0.2, 0) is 4.79 Å². The van der Waals surface area contributed by atoms with E-state index in [2.05, 4.69) is 26.0 Å². The van der Waals surface area contributed by atoms with Crippen molar-refractivity contribution >= 4 is 27.5 Å². The minimum atomic E-state index is -4.76. The van der Waals surface area contributed by atoms with Gasteiger partial charge < -0.3 is 15.8 Å². The number of amides is 1. The van der Waals surface area contributed by atoms with E-state index < -0.39 is 6.36 Å². The third-order valence-electron chi connectivity index (χ3n) is 2.05. The van der Waals surface area contributed by atoms with Gasteiger partial charge in [-0.2, -0.15) is 0 Å². The van der Waals surface area contributed by atoms with E-state index in [0.29, 0.717) is 18.7 Å². The summed E-state index contributed by atoms with van der Waals surface area (Å²) < 4.78 is 40.0. The Balaban J connectivity index is 2.69. The van der Waals surface area contributed by atoms with E-state index in [4.69, 9.17) is 5.73 Å². The summed E-state index contributed by atoms with van der Waals surface area (Å²) in [5.74, 6) is -0.616. The second kappa shape index (κ2) is 6.76. The first-order valence-electron chi connectivity index (χ1n) is 5.37. The van der Waals surface area contributed by atoms with Crippen LogP contribution in [0.3, 0.4) is 0 Å².